The van der Waals surface area contributed by atoms with Crippen LogP contribution in [0.4, 0.5) is 0 Å². The number of nitrogens with zero attached hydrogens (tertiary/aromatic N) is 1. The van der Waals surface area contributed by atoms with Gasteiger partial charge in [-0.05, 0) is 12.1 Å². The minimum absolute atomic E-state index is 0. The minimum atomic E-state index is -3.48. The summed E-state index contributed by atoms with van der Waals surface area (Å²) < 4.78 is 26.9. The van der Waals surface area contributed by atoms with Crippen molar-refractivity contribution in [3.63, 3.8) is 0 Å². The van der Waals surface area contributed by atoms with Gasteiger partial charge in [0, 0.05) is 13.1 Å². The molecule has 0 atom stereocenters. The summed E-state index contributed by atoms with van der Waals surface area (Å²) in [6, 6.07) is 5.03. The highest BCUT2D eigenvalue weighted by atomic mass is 35.5. The Hall–Kier alpha value is -0.730. The Kier molecular flexibility index (Phi) is 4.84. The number of nitrogens with two attached hydrogens (primary N) is 1. The number of thiazole rings is 1. The molecule has 0 unspecified atom stereocenters. The molecule has 1 aromatic carbocycles. The van der Waals surface area contributed by atoms with Crippen LogP contribution in [0.1, 0.15) is 0 Å². The van der Waals surface area contributed by atoms with Gasteiger partial charge >= 0.3 is 0 Å². The second-order valence-electron chi connectivity index (χ2n) is 3.14. The van der Waals surface area contributed by atoms with Crippen molar-refractivity contribution >= 4 is 44.0 Å². The molecule has 1 heterocycles. The van der Waals surface area contributed by atoms with Crippen LogP contribution in [-0.4, -0.2) is 26.5 Å². The predicted molar refractivity (Wildman–Crippen MR) is 71.1 cm³/mol. The molecular weight excluding hydrogens is 282 g/mol. The van der Waals surface area contributed by atoms with Crippen molar-refractivity contribution in [3.05, 3.63) is 23.7 Å². The van der Waals surface area contributed by atoms with Gasteiger partial charge in [-0.25, -0.2) is 18.1 Å². The van der Waals surface area contributed by atoms with Gasteiger partial charge in [0.2, 0.25) is 10.0 Å². The van der Waals surface area contributed by atoms with E-state index in [0.717, 1.165) is 0 Å². The number of nitrogens with one attached hydrogen (secondary N) is 1. The van der Waals surface area contributed by atoms with Crippen LogP contribution in [0.25, 0.3) is 10.2 Å². The van der Waals surface area contributed by atoms with E-state index >= 15 is 0 Å². The number of sulfonamides is 1. The van der Waals surface area contributed by atoms with Crippen molar-refractivity contribution in [2.24, 2.45) is 5.73 Å². The van der Waals surface area contributed by atoms with Gasteiger partial charge in [-0.1, -0.05) is 6.07 Å². The van der Waals surface area contributed by atoms with Crippen molar-refractivity contribution in [2.75, 3.05) is 13.1 Å². The van der Waals surface area contributed by atoms with Crippen molar-refractivity contribution in [2.45, 2.75) is 4.90 Å². The molecule has 1 aromatic heterocycles. The van der Waals surface area contributed by atoms with Crippen molar-refractivity contribution in [1.29, 1.82) is 0 Å². The fourth-order valence-corrected chi connectivity index (χ4v) is 3.66. The fraction of sp³-hybridized carbons (Fsp3) is 0.222. The quantitative estimate of drug-likeness (QED) is 0.879. The van der Waals surface area contributed by atoms with Crippen LogP contribution in [0.5, 0.6) is 0 Å². The van der Waals surface area contributed by atoms with Crippen LogP contribution in [0.3, 0.4) is 0 Å². The molecule has 0 saturated carbocycles. The smallest absolute Gasteiger partial charge is 0.242 e. The number of hydrogen-bond acceptors (Lipinski definition) is 5. The molecule has 0 amide bonds. The first-order valence-electron chi connectivity index (χ1n) is 4.67. The molecule has 0 aliphatic rings. The van der Waals surface area contributed by atoms with E-state index in [1.807, 2.05) is 0 Å². The lowest BCUT2D eigenvalue weighted by Crippen LogP contribution is -2.29. The maximum atomic E-state index is 11.9. The molecule has 3 N–H and O–H groups in total. The van der Waals surface area contributed by atoms with Crippen molar-refractivity contribution in [1.82, 2.24) is 9.71 Å². The maximum Gasteiger partial charge on any atom is 0.242 e. The third kappa shape index (κ3) is 2.93. The number of rotatable bonds is 4. The van der Waals surface area contributed by atoms with Gasteiger partial charge in [-0.3, -0.25) is 0 Å². The van der Waals surface area contributed by atoms with Gasteiger partial charge in [0.25, 0.3) is 0 Å². The Balaban J connectivity index is 0.00000144. The van der Waals surface area contributed by atoms with Crippen LogP contribution < -0.4 is 10.5 Å². The lowest BCUT2D eigenvalue weighted by molar-refractivity contribution is 0.583. The van der Waals surface area contributed by atoms with E-state index in [0.29, 0.717) is 10.2 Å². The molecule has 2 aromatic rings. The average Bonchev–Trinajstić information content (AvgIpc) is 2.73. The minimum Gasteiger partial charge on any atom is -0.329 e. The van der Waals surface area contributed by atoms with E-state index in [-0.39, 0.29) is 30.4 Å². The van der Waals surface area contributed by atoms with Crippen LogP contribution in [0, 0.1) is 0 Å². The summed E-state index contributed by atoms with van der Waals surface area (Å²) in [6.45, 7) is 0.509. The fourth-order valence-electron chi connectivity index (χ4n) is 1.34. The van der Waals surface area contributed by atoms with Crippen molar-refractivity contribution < 1.29 is 8.42 Å². The van der Waals surface area contributed by atoms with Gasteiger partial charge in [-0.15, -0.1) is 23.7 Å². The molecule has 94 valence electrons. The molecule has 0 bridgehead atoms. The maximum absolute atomic E-state index is 11.9. The summed E-state index contributed by atoms with van der Waals surface area (Å²) in [7, 11) is -3.48. The summed E-state index contributed by atoms with van der Waals surface area (Å²) in [5.41, 5.74) is 7.60. The molecule has 0 fully saturated rings. The number of fused-ring (bicyclic) bond motifs is 1. The number of aromatic nitrogens is 1. The highest BCUT2D eigenvalue weighted by molar-refractivity contribution is 7.90. The van der Waals surface area contributed by atoms with Crippen molar-refractivity contribution in [3.8, 4) is 0 Å². The van der Waals surface area contributed by atoms with Gasteiger partial charge in [0.05, 0.1) is 15.7 Å². The third-order valence-corrected chi connectivity index (χ3v) is 4.55. The van der Waals surface area contributed by atoms with Crippen LogP contribution in [0.2, 0.25) is 0 Å². The Labute approximate surface area is 110 Å². The van der Waals surface area contributed by atoms with E-state index in [4.69, 9.17) is 5.73 Å². The van der Waals surface area contributed by atoms with Crippen LogP contribution >= 0.6 is 23.7 Å². The first-order valence-corrected chi connectivity index (χ1v) is 7.03. The summed E-state index contributed by atoms with van der Waals surface area (Å²) >= 11 is 1.31. The highest BCUT2D eigenvalue weighted by Crippen LogP contribution is 2.25. The van der Waals surface area contributed by atoms with E-state index in [2.05, 4.69) is 9.71 Å². The summed E-state index contributed by atoms with van der Waals surface area (Å²) in [5, 5.41) is 0. The average molecular weight is 294 g/mol. The topological polar surface area (TPSA) is 85.1 Å². The zero-order chi connectivity index (χ0) is 11.6. The van der Waals surface area contributed by atoms with Crippen LogP contribution in [-0.2, 0) is 10.0 Å². The molecule has 0 aliphatic carbocycles. The van der Waals surface area contributed by atoms with E-state index in [1.165, 1.54) is 11.3 Å². The zero-order valence-corrected chi connectivity index (χ0v) is 11.2. The first-order chi connectivity index (χ1) is 7.65. The Bertz CT molecular complexity index is 597. The summed E-state index contributed by atoms with van der Waals surface area (Å²) in [5.74, 6) is 0. The van der Waals surface area contributed by atoms with E-state index < -0.39 is 10.0 Å². The van der Waals surface area contributed by atoms with E-state index in [9.17, 15) is 8.42 Å². The molecule has 17 heavy (non-hydrogen) atoms. The lowest BCUT2D eigenvalue weighted by atomic mass is 10.3. The monoisotopic (exact) mass is 293 g/mol. The largest absolute Gasteiger partial charge is 0.329 e. The Morgan fingerprint density at radius 1 is 1.41 bits per heavy atom. The molecule has 2 rings (SSSR count). The van der Waals surface area contributed by atoms with Gasteiger partial charge in [0.1, 0.15) is 4.90 Å². The predicted octanol–water partition coefficient (Wildman–Crippen LogP) is 0.955. The molecule has 0 radical (unpaired) electrons. The summed E-state index contributed by atoms with van der Waals surface area (Å²) in [6.07, 6.45) is 0. The Morgan fingerprint density at radius 3 is 2.88 bits per heavy atom. The second kappa shape index (κ2) is 5.74. The number of hydrogen-bond donors (Lipinski definition) is 2. The molecule has 8 heteroatoms. The molecule has 0 spiro atoms. The summed E-state index contributed by atoms with van der Waals surface area (Å²) in [4.78, 5) is 4.34. The highest BCUT2D eigenvalue weighted by Gasteiger charge is 2.17. The van der Waals surface area contributed by atoms with E-state index in [1.54, 1.807) is 23.7 Å². The second-order valence-corrected chi connectivity index (χ2v) is 5.73. The lowest BCUT2D eigenvalue weighted by Gasteiger charge is -2.05. The van der Waals surface area contributed by atoms with Crippen LogP contribution in [0.15, 0.2) is 28.6 Å². The molecule has 0 aliphatic heterocycles. The molecular formula is C9H12ClN3O2S2. The van der Waals surface area contributed by atoms with Gasteiger partial charge < -0.3 is 5.73 Å². The normalized spacial score (nSPS) is 11.4. The van der Waals surface area contributed by atoms with Gasteiger partial charge in [-0.2, -0.15) is 0 Å². The Morgan fingerprint density at radius 2 is 2.18 bits per heavy atom. The standard InChI is InChI=1S/C9H11N3O2S2.ClH/c10-4-5-12-16(13,14)8-3-1-2-7-9(8)15-6-11-7;/h1-3,6,12H,4-5,10H2;1H. The number of benzene rings is 1. The third-order valence-electron chi connectivity index (χ3n) is 2.05. The van der Waals surface area contributed by atoms with Gasteiger partial charge in [0.15, 0.2) is 0 Å². The molecule has 0 saturated heterocycles. The molecule has 5 nitrogen and oxygen atoms in total. The first kappa shape index (κ1) is 14.3. The zero-order valence-electron chi connectivity index (χ0n) is 8.79. The SMILES string of the molecule is Cl.NCCNS(=O)(=O)c1cccc2ncsc12. The number of halogens is 1.